The lowest BCUT2D eigenvalue weighted by atomic mass is 10.2. The molecule has 2 rings (SSSR count). The average molecular weight is 307 g/mol. The van der Waals surface area contributed by atoms with E-state index in [0.717, 1.165) is 21.8 Å². The van der Waals surface area contributed by atoms with E-state index in [-0.39, 0.29) is 0 Å². The first-order valence-corrected chi connectivity index (χ1v) is 6.41. The van der Waals surface area contributed by atoms with Crippen molar-refractivity contribution in [3.8, 4) is 0 Å². The molecule has 0 bridgehead atoms. The number of nitrogens with one attached hydrogen (secondary N) is 1. The molecule has 1 N–H and O–H groups in total. The number of aryl methyl sites for hydroxylation is 1. The van der Waals surface area contributed by atoms with Crippen LogP contribution in [0.5, 0.6) is 0 Å². The summed E-state index contributed by atoms with van der Waals surface area (Å²) >= 11 is 3.49. The van der Waals surface area contributed by atoms with Gasteiger partial charge in [0.2, 0.25) is 0 Å². The summed E-state index contributed by atoms with van der Waals surface area (Å²) in [5, 5.41) is 3.01. The van der Waals surface area contributed by atoms with Crippen LogP contribution >= 0.6 is 15.9 Å². The Labute approximate surface area is 115 Å². The monoisotopic (exact) mass is 306 g/mol. The van der Waals surface area contributed by atoms with Crippen molar-refractivity contribution < 1.29 is 0 Å². The van der Waals surface area contributed by atoms with E-state index < -0.39 is 0 Å². The van der Waals surface area contributed by atoms with Crippen molar-refractivity contribution in [2.24, 2.45) is 0 Å². The second-order valence-corrected chi connectivity index (χ2v) is 4.92. The Kier molecular flexibility index (Phi) is 3.81. The van der Waals surface area contributed by atoms with Crippen LogP contribution < -0.4 is 10.2 Å². The maximum Gasteiger partial charge on any atom is 0.138 e. The molecule has 0 saturated carbocycles. The molecule has 0 fully saturated rings. The first-order valence-electron chi connectivity index (χ1n) is 5.61. The van der Waals surface area contributed by atoms with Gasteiger partial charge in [0, 0.05) is 30.3 Å². The van der Waals surface area contributed by atoms with Crippen LogP contribution in [-0.4, -0.2) is 24.1 Å². The smallest absolute Gasteiger partial charge is 0.138 e. The minimum Gasteiger partial charge on any atom is -0.373 e. The van der Waals surface area contributed by atoms with Crippen molar-refractivity contribution in [1.82, 2.24) is 9.97 Å². The van der Waals surface area contributed by atoms with Gasteiger partial charge in [-0.15, -0.1) is 0 Å². The van der Waals surface area contributed by atoms with Crippen LogP contribution in [0.4, 0.5) is 17.3 Å². The highest BCUT2D eigenvalue weighted by atomic mass is 79.9. The number of rotatable bonds is 3. The standard InChI is InChI=1S/C13H15BrN4/c1-9-4-5-10(14)6-11(9)18(3)13-7-12(15-2)16-8-17-13/h4-8H,1-3H3,(H,15,16,17). The van der Waals surface area contributed by atoms with Crippen molar-refractivity contribution in [3.63, 3.8) is 0 Å². The van der Waals surface area contributed by atoms with Gasteiger partial charge in [-0.05, 0) is 24.6 Å². The molecule has 18 heavy (non-hydrogen) atoms. The zero-order valence-corrected chi connectivity index (χ0v) is 12.2. The van der Waals surface area contributed by atoms with Crippen LogP contribution in [-0.2, 0) is 0 Å². The normalized spacial score (nSPS) is 10.2. The van der Waals surface area contributed by atoms with Crippen molar-refractivity contribution in [1.29, 1.82) is 0 Å². The molecule has 0 atom stereocenters. The van der Waals surface area contributed by atoms with Crippen molar-refractivity contribution in [2.75, 3.05) is 24.3 Å². The number of aromatic nitrogens is 2. The van der Waals surface area contributed by atoms with Crippen LogP contribution in [0.3, 0.4) is 0 Å². The molecular formula is C13H15BrN4. The van der Waals surface area contributed by atoms with Gasteiger partial charge in [-0.25, -0.2) is 9.97 Å². The summed E-state index contributed by atoms with van der Waals surface area (Å²) in [6.07, 6.45) is 1.56. The van der Waals surface area contributed by atoms with E-state index in [0.29, 0.717) is 0 Å². The first-order chi connectivity index (χ1) is 8.61. The fraction of sp³-hybridized carbons (Fsp3) is 0.231. The van der Waals surface area contributed by atoms with E-state index >= 15 is 0 Å². The number of nitrogens with zero attached hydrogens (tertiary/aromatic N) is 3. The number of hydrogen-bond donors (Lipinski definition) is 1. The predicted molar refractivity (Wildman–Crippen MR) is 78.5 cm³/mol. The van der Waals surface area contributed by atoms with E-state index in [4.69, 9.17) is 0 Å². The maximum absolute atomic E-state index is 4.29. The third-order valence-corrected chi connectivity index (χ3v) is 3.28. The highest BCUT2D eigenvalue weighted by molar-refractivity contribution is 9.10. The summed E-state index contributed by atoms with van der Waals surface area (Å²) in [6.45, 7) is 2.08. The van der Waals surface area contributed by atoms with Gasteiger partial charge in [0.15, 0.2) is 0 Å². The Balaban J connectivity index is 2.40. The molecule has 0 radical (unpaired) electrons. The molecule has 0 amide bonds. The van der Waals surface area contributed by atoms with Gasteiger partial charge < -0.3 is 10.2 Å². The van der Waals surface area contributed by atoms with E-state index in [1.54, 1.807) is 6.33 Å². The van der Waals surface area contributed by atoms with E-state index in [1.165, 1.54) is 5.56 Å². The minimum atomic E-state index is 0.805. The molecule has 0 saturated heterocycles. The second-order valence-electron chi connectivity index (χ2n) is 4.00. The van der Waals surface area contributed by atoms with Gasteiger partial charge in [0.1, 0.15) is 18.0 Å². The molecule has 0 aliphatic heterocycles. The molecule has 1 heterocycles. The van der Waals surface area contributed by atoms with Gasteiger partial charge >= 0.3 is 0 Å². The molecule has 5 heteroatoms. The molecule has 2 aromatic rings. The highest BCUT2D eigenvalue weighted by Gasteiger charge is 2.09. The lowest BCUT2D eigenvalue weighted by Crippen LogP contribution is -2.13. The molecule has 1 aromatic heterocycles. The summed E-state index contributed by atoms with van der Waals surface area (Å²) in [5.74, 6) is 1.66. The van der Waals surface area contributed by atoms with Crippen LogP contribution in [0.1, 0.15) is 5.56 Å². The Morgan fingerprint density at radius 3 is 2.72 bits per heavy atom. The van der Waals surface area contributed by atoms with Gasteiger partial charge in [0.05, 0.1) is 0 Å². The Bertz CT molecular complexity index is 556. The molecule has 0 aliphatic rings. The Hall–Kier alpha value is -1.62. The summed E-state index contributed by atoms with van der Waals surface area (Å²) < 4.78 is 1.05. The lowest BCUT2D eigenvalue weighted by Gasteiger charge is -2.21. The van der Waals surface area contributed by atoms with Crippen LogP contribution in [0.2, 0.25) is 0 Å². The Morgan fingerprint density at radius 1 is 1.22 bits per heavy atom. The molecule has 0 aliphatic carbocycles. The minimum absolute atomic E-state index is 0.805. The first kappa shape index (κ1) is 12.8. The summed E-state index contributed by atoms with van der Waals surface area (Å²) in [5.41, 5.74) is 2.32. The van der Waals surface area contributed by atoms with Crippen LogP contribution in [0, 0.1) is 6.92 Å². The average Bonchev–Trinajstić information content (AvgIpc) is 2.41. The SMILES string of the molecule is CNc1cc(N(C)c2cc(Br)ccc2C)ncn1. The summed E-state index contributed by atoms with van der Waals surface area (Å²) in [6, 6.07) is 8.11. The van der Waals surface area contributed by atoms with E-state index in [2.05, 4.69) is 50.3 Å². The number of anilines is 3. The van der Waals surface area contributed by atoms with Crippen molar-refractivity contribution in [2.45, 2.75) is 6.92 Å². The molecule has 1 aromatic carbocycles. The molecule has 4 nitrogen and oxygen atoms in total. The van der Waals surface area contributed by atoms with Gasteiger partial charge in [-0.3, -0.25) is 0 Å². The van der Waals surface area contributed by atoms with Gasteiger partial charge in [0.25, 0.3) is 0 Å². The van der Waals surface area contributed by atoms with Crippen LogP contribution in [0.25, 0.3) is 0 Å². The number of hydrogen-bond acceptors (Lipinski definition) is 4. The van der Waals surface area contributed by atoms with Gasteiger partial charge in [-0.2, -0.15) is 0 Å². The predicted octanol–water partition coefficient (Wildman–Crippen LogP) is 3.36. The fourth-order valence-electron chi connectivity index (χ4n) is 1.73. The third-order valence-electron chi connectivity index (χ3n) is 2.78. The molecule has 0 unspecified atom stereocenters. The molecule has 94 valence electrons. The van der Waals surface area contributed by atoms with Crippen molar-refractivity contribution in [3.05, 3.63) is 40.6 Å². The quantitative estimate of drug-likeness (QED) is 0.944. The Morgan fingerprint density at radius 2 is 2.00 bits per heavy atom. The number of benzene rings is 1. The maximum atomic E-state index is 4.29. The highest BCUT2D eigenvalue weighted by Crippen LogP contribution is 2.28. The van der Waals surface area contributed by atoms with Crippen molar-refractivity contribution >= 4 is 33.3 Å². The summed E-state index contributed by atoms with van der Waals surface area (Å²) in [7, 11) is 3.84. The fourth-order valence-corrected chi connectivity index (χ4v) is 2.08. The zero-order chi connectivity index (χ0) is 13.1. The topological polar surface area (TPSA) is 41.0 Å². The number of halogens is 1. The second kappa shape index (κ2) is 5.35. The largest absolute Gasteiger partial charge is 0.373 e. The third kappa shape index (κ3) is 2.61. The molecular weight excluding hydrogens is 292 g/mol. The molecule has 0 spiro atoms. The lowest BCUT2D eigenvalue weighted by molar-refractivity contribution is 1.07. The zero-order valence-electron chi connectivity index (χ0n) is 10.6. The van der Waals surface area contributed by atoms with E-state index in [9.17, 15) is 0 Å². The van der Waals surface area contributed by atoms with Crippen LogP contribution in [0.15, 0.2) is 35.1 Å². The van der Waals surface area contributed by atoms with Gasteiger partial charge in [-0.1, -0.05) is 22.0 Å². The summed E-state index contributed by atoms with van der Waals surface area (Å²) in [4.78, 5) is 10.5. The van der Waals surface area contributed by atoms with E-state index in [1.807, 2.05) is 31.1 Å².